The lowest BCUT2D eigenvalue weighted by atomic mass is 10.4. The van der Waals surface area contributed by atoms with E-state index in [-0.39, 0.29) is 11.9 Å². The number of ether oxygens (including phenoxy) is 2. The average molecular weight is 629 g/mol. The Hall–Kier alpha value is 0.530. The topological polar surface area (TPSA) is 52.6 Å². The van der Waals surface area contributed by atoms with Gasteiger partial charge >= 0.3 is 11.9 Å². The molecule has 186 valence electrons. The number of carbonyl (C=O) groups is 2. The summed E-state index contributed by atoms with van der Waals surface area (Å²) in [5.41, 5.74) is 0. The molecule has 0 bridgehead atoms. The second-order valence-electron chi connectivity index (χ2n) is 6.71. The Balaban J connectivity index is 1.93. The first-order valence-corrected chi connectivity index (χ1v) is 17.7. The third-order valence-electron chi connectivity index (χ3n) is 4.25. The van der Waals surface area contributed by atoms with Crippen molar-refractivity contribution in [3.8, 4) is 0 Å². The molecule has 3 heterocycles. The molecule has 0 unspecified atom stereocenters. The van der Waals surface area contributed by atoms with Crippen LogP contribution in [0.4, 0.5) is 0 Å². The largest absolute Gasteiger partial charge is 0.465 e. The van der Waals surface area contributed by atoms with Crippen molar-refractivity contribution in [1.29, 1.82) is 0 Å². The molecular formula is C21H24O4S9. The van der Waals surface area contributed by atoms with Gasteiger partial charge in [0, 0.05) is 0 Å². The molecule has 0 N–H and O–H groups in total. The number of rotatable bonds is 10. The minimum Gasteiger partial charge on any atom is -0.465 e. The molecule has 2 aliphatic heterocycles. The van der Waals surface area contributed by atoms with Crippen molar-refractivity contribution >= 4 is 126 Å². The highest BCUT2D eigenvalue weighted by molar-refractivity contribution is 8.42. The predicted octanol–water partition coefficient (Wildman–Crippen LogP) is 7.38. The van der Waals surface area contributed by atoms with Crippen LogP contribution in [-0.4, -0.2) is 37.7 Å². The van der Waals surface area contributed by atoms with Gasteiger partial charge < -0.3 is 9.47 Å². The van der Waals surface area contributed by atoms with Gasteiger partial charge in [0.1, 0.15) is 17.5 Å². The van der Waals surface area contributed by atoms with E-state index in [4.69, 9.17) is 21.7 Å². The highest BCUT2D eigenvalue weighted by atomic mass is 32.2. The molecule has 0 aliphatic carbocycles. The van der Waals surface area contributed by atoms with Crippen molar-refractivity contribution in [2.45, 2.75) is 39.5 Å². The van der Waals surface area contributed by atoms with Gasteiger partial charge in [-0.05, 0) is 24.3 Å². The van der Waals surface area contributed by atoms with Crippen LogP contribution in [0, 0.1) is 3.82 Å². The van der Waals surface area contributed by atoms with Gasteiger partial charge in [-0.25, -0.2) is 9.59 Å². The van der Waals surface area contributed by atoms with Crippen molar-refractivity contribution in [3.63, 3.8) is 0 Å². The summed E-state index contributed by atoms with van der Waals surface area (Å²) in [7, 11) is 2.84. The Morgan fingerprint density at radius 2 is 1.29 bits per heavy atom. The maximum Gasteiger partial charge on any atom is 0.346 e. The maximum absolute atomic E-state index is 12.4. The zero-order valence-corrected chi connectivity index (χ0v) is 26.4. The van der Waals surface area contributed by atoms with Gasteiger partial charge in [-0.1, -0.05) is 86.0 Å². The van der Waals surface area contributed by atoms with E-state index in [0.717, 1.165) is 66.3 Å². The van der Waals surface area contributed by atoms with Gasteiger partial charge in [-0.15, -0.1) is 46.2 Å². The number of unbranched alkanes of at least 4 members (excludes halogenated alkanes) is 2. The lowest BCUT2D eigenvalue weighted by Gasteiger charge is -2.02. The maximum atomic E-state index is 12.4. The van der Waals surface area contributed by atoms with Gasteiger partial charge in [0.2, 0.25) is 0 Å². The van der Waals surface area contributed by atoms with Gasteiger partial charge in [-0.2, -0.15) is 0 Å². The highest BCUT2D eigenvalue weighted by Crippen LogP contribution is 2.56. The molecule has 2 aliphatic rings. The number of methoxy groups -OCH3 is 2. The molecule has 4 nitrogen and oxygen atoms in total. The smallest absolute Gasteiger partial charge is 0.346 e. The van der Waals surface area contributed by atoms with E-state index in [2.05, 4.69) is 13.8 Å². The third kappa shape index (κ3) is 7.31. The van der Waals surface area contributed by atoms with Crippen molar-refractivity contribution in [1.82, 2.24) is 0 Å². The third-order valence-corrected chi connectivity index (χ3v) is 16.2. The van der Waals surface area contributed by atoms with Crippen LogP contribution in [0.25, 0.3) is 8.47 Å². The minimum atomic E-state index is -0.296. The summed E-state index contributed by atoms with van der Waals surface area (Å²) in [6.45, 7) is 4.32. The zero-order valence-electron chi connectivity index (χ0n) is 19.0. The molecule has 0 atom stereocenters. The summed E-state index contributed by atoms with van der Waals surface area (Å²) < 4.78 is 17.1. The van der Waals surface area contributed by atoms with E-state index < -0.39 is 0 Å². The quantitative estimate of drug-likeness (QED) is 0.148. The Morgan fingerprint density at radius 1 is 0.794 bits per heavy atom. The van der Waals surface area contributed by atoms with Crippen LogP contribution < -0.4 is 8.38 Å². The van der Waals surface area contributed by atoms with Crippen LogP contribution in [0.5, 0.6) is 0 Å². The Labute approximate surface area is 238 Å². The van der Waals surface area contributed by atoms with E-state index in [1.165, 1.54) is 37.7 Å². The van der Waals surface area contributed by atoms with Gasteiger partial charge in [-0.3, -0.25) is 0 Å². The second-order valence-corrected chi connectivity index (χ2v) is 17.0. The summed E-state index contributed by atoms with van der Waals surface area (Å²) in [6, 6.07) is 0. The van der Waals surface area contributed by atoms with E-state index in [0.29, 0.717) is 9.81 Å². The van der Waals surface area contributed by atoms with Crippen LogP contribution in [0.15, 0.2) is 18.3 Å². The first-order chi connectivity index (χ1) is 16.4. The number of thioether (sulfide) groups is 6. The number of carbonyl (C=O) groups excluding carboxylic acids is 2. The van der Waals surface area contributed by atoms with Crippen LogP contribution >= 0.6 is 105 Å². The molecule has 3 rings (SSSR count). The Morgan fingerprint density at radius 3 is 1.79 bits per heavy atom. The van der Waals surface area contributed by atoms with E-state index in [9.17, 15) is 9.59 Å². The highest BCUT2D eigenvalue weighted by Gasteiger charge is 2.30. The predicted molar refractivity (Wildman–Crippen MR) is 162 cm³/mol. The molecule has 0 spiro atoms. The van der Waals surface area contributed by atoms with Crippen molar-refractivity contribution in [2.24, 2.45) is 0 Å². The van der Waals surface area contributed by atoms with Crippen LogP contribution in [0.1, 0.15) is 39.5 Å². The Kier molecular flexibility index (Phi) is 12.4. The summed E-state index contributed by atoms with van der Waals surface area (Å²) in [4.78, 5) is 26.1. The monoisotopic (exact) mass is 628 g/mol. The Bertz CT molecular complexity index is 1180. The van der Waals surface area contributed by atoms with Crippen LogP contribution in [0.2, 0.25) is 0 Å². The fraction of sp³-hybridized carbons (Fsp3) is 0.476. The summed E-state index contributed by atoms with van der Waals surface area (Å²) in [5, 5.41) is 0. The van der Waals surface area contributed by atoms with Gasteiger partial charge in [0.15, 0.2) is 0 Å². The lowest BCUT2D eigenvalue weighted by molar-refractivity contribution is -0.136. The summed E-state index contributed by atoms with van der Waals surface area (Å²) in [5.74, 6) is 1.36. The molecule has 1 aromatic heterocycles. The minimum absolute atomic E-state index is 0.288. The number of esters is 2. The van der Waals surface area contributed by atoms with Gasteiger partial charge in [0.25, 0.3) is 0 Å². The molecule has 0 fully saturated rings. The first kappa shape index (κ1) is 29.1. The fourth-order valence-electron chi connectivity index (χ4n) is 2.49. The SMILES string of the molecule is CCCCSC1=C(C(=O)OC)S/C(=c2\sc(=S)/c(=C3\SC(SCCCC)=C(C(=O)OC)S3)s2)S1. The number of hydrogen-bond acceptors (Lipinski definition) is 13. The van der Waals surface area contributed by atoms with E-state index in [1.54, 1.807) is 69.7 Å². The fourth-order valence-corrected chi connectivity index (χ4v) is 14.7. The number of hydrogen-bond donors (Lipinski definition) is 0. The van der Waals surface area contributed by atoms with Crippen LogP contribution in [-0.2, 0) is 19.1 Å². The molecule has 0 radical (unpaired) electrons. The van der Waals surface area contributed by atoms with E-state index in [1.807, 2.05) is 0 Å². The van der Waals surface area contributed by atoms with Crippen molar-refractivity contribution in [3.05, 3.63) is 30.5 Å². The van der Waals surface area contributed by atoms with Gasteiger partial charge in [0.05, 0.1) is 35.7 Å². The van der Waals surface area contributed by atoms with Crippen molar-refractivity contribution < 1.29 is 19.1 Å². The summed E-state index contributed by atoms with van der Waals surface area (Å²) in [6.07, 6.45) is 4.43. The average Bonchev–Trinajstić information content (AvgIpc) is 3.55. The molecule has 34 heavy (non-hydrogen) atoms. The molecule has 0 saturated heterocycles. The van der Waals surface area contributed by atoms with Crippen molar-refractivity contribution in [2.75, 3.05) is 25.7 Å². The standard InChI is InChI=1S/C21H24O4S9/c1-5-7-9-27-17-11(14(22)24-3)29-19(33-17)13-16(26)32-20(31-13)21-30-12(15(23)25-4)18(34-21)28-10-8-6-2/h5-10H2,1-4H3/b19-13+,21-20+. The molecular weight excluding hydrogens is 605 g/mol. The summed E-state index contributed by atoms with van der Waals surface area (Å²) >= 11 is 18.6. The second kappa shape index (κ2) is 14.5. The molecule has 0 amide bonds. The molecule has 0 saturated carbocycles. The lowest BCUT2D eigenvalue weighted by Crippen LogP contribution is -2.02. The zero-order chi connectivity index (χ0) is 24.7. The molecule has 13 heteroatoms. The first-order valence-electron chi connectivity index (χ1n) is 10.4. The van der Waals surface area contributed by atoms with Crippen LogP contribution in [0.3, 0.4) is 0 Å². The molecule has 0 aromatic carbocycles. The molecule has 1 aromatic rings. The normalized spacial score (nSPS) is 19.3. The van der Waals surface area contributed by atoms with E-state index >= 15 is 0 Å².